The average molecular weight is 351 g/mol. The van der Waals surface area contributed by atoms with Gasteiger partial charge in [0, 0.05) is 6.42 Å². The summed E-state index contributed by atoms with van der Waals surface area (Å²) < 4.78 is 24.6. The van der Waals surface area contributed by atoms with E-state index >= 15 is 0 Å². The Morgan fingerprint density at radius 3 is 2.16 bits per heavy atom. The second-order valence-corrected chi connectivity index (χ2v) is 7.95. The fourth-order valence-electron chi connectivity index (χ4n) is 4.23. The monoisotopic (exact) mass is 350 g/mol. The summed E-state index contributed by atoms with van der Waals surface area (Å²) in [5.74, 6) is 1.62. The van der Waals surface area contributed by atoms with Crippen LogP contribution in [0, 0.1) is 5.92 Å². The molecule has 1 aromatic rings. The van der Waals surface area contributed by atoms with Crippen LogP contribution in [0.15, 0.2) is 24.3 Å². The van der Waals surface area contributed by atoms with Crippen LogP contribution < -0.4 is 0 Å². The first kappa shape index (κ1) is 20.4. The van der Waals surface area contributed by atoms with Crippen molar-refractivity contribution in [1.82, 2.24) is 0 Å². The molecule has 0 saturated heterocycles. The van der Waals surface area contributed by atoms with E-state index in [1.54, 1.807) is 0 Å². The zero-order chi connectivity index (χ0) is 17.9. The lowest BCUT2D eigenvalue weighted by molar-refractivity contribution is 0.138. The second kappa shape index (κ2) is 11.6. The number of rotatable bonds is 11. The molecule has 0 heterocycles. The fourth-order valence-corrected chi connectivity index (χ4v) is 4.23. The Kier molecular flexibility index (Phi) is 9.50. The highest BCUT2D eigenvalue weighted by atomic mass is 19.3. The number of benzene rings is 1. The van der Waals surface area contributed by atoms with Gasteiger partial charge in [-0.1, -0.05) is 76.1 Å². The smallest absolute Gasteiger partial charge is 0.211 e. The normalized spacial score (nSPS) is 21.0. The van der Waals surface area contributed by atoms with Crippen LogP contribution in [0.5, 0.6) is 0 Å². The van der Waals surface area contributed by atoms with E-state index in [2.05, 4.69) is 31.2 Å². The topological polar surface area (TPSA) is 0 Å². The van der Waals surface area contributed by atoms with Crippen molar-refractivity contribution in [2.24, 2.45) is 5.92 Å². The average Bonchev–Trinajstić information content (AvgIpc) is 2.64. The van der Waals surface area contributed by atoms with Crippen LogP contribution in [-0.4, -0.2) is 6.43 Å². The van der Waals surface area contributed by atoms with Gasteiger partial charge in [-0.3, -0.25) is 0 Å². The van der Waals surface area contributed by atoms with Crippen LogP contribution in [0.4, 0.5) is 8.78 Å². The summed E-state index contributed by atoms with van der Waals surface area (Å²) in [4.78, 5) is 0. The predicted molar refractivity (Wildman–Crippen MR) is 103 cm³/mol. The lowest BCUT2D eigenvalue weighted by Crippen LogP contribution is -2.13. The molecule has 1 aliphatic rings. The molecule has 2 heteroatoms. The molecule has 0 radical (unpaired) electrons. The van der Waals surface area contributed by atoms with Crippen molar-refractivity contribution >= 4 is 0 Å². The van der Waals surface area contributed by atoms with E-state index in [4.69, 9.17) is 0 Å². The quantitative estimate of drug-likeness (QED) is 0.356. The minimum absolute atomic E-state index is 0.0249. The molecule has 0 atom stereocenters. The van der Waals surface area contributed by atoms with Gasteiger partial charge in [0.05, 0.1) is 0 Å². The third kappa shape index (κ3) is 7.88. The number of halogens is 2. The predicted octanol–water partition coefficient (Wildman–Crippen LogP) is 7.91. The van der Waals surface area contributed by atoms with Gasteiger partial charge < -0.3 is 0 Å². The molecular weight excluding hydrogens is 314 g/mol. The van der Waals surface area contributed by atoms with Crippen molar-refractivity contribution in [3.05, 3.63) is 35.4 Å². The molecule has 142 valence electrons. The Morgan fingerprint density at radius 1 is 0.880 bits per heavy atom. The molecule has 0 bridgehead atoms. The molecule has 0 nitrogen and oxygen atoms in total. The minimum atomic E-state index is -2.19. The maximum absolute atomic E-state index is 12.3. The van der Waals surface area contributed by atoms with E-state index in [9.17, 15) is 8.78 Å². The first-order valence-corrected chi connectivity index (χ1v) is 10.6. The fraction of sp³-hybridized carbons (Fsp3) is 0.739. The molecular formula is C23H36F2. The lowest BCUT2D eigenvalue weighted by Gasteiger charge is -2.29. The highest BCUT2D eigenvalue weighted by Gasteiger charge is 2.22. The number of alkyl halides is 2. The Morgan fingerprint density at radius 2 is 1.52 bits per heavy atom. The largest absolute Gasteiger partial charge is 0.239 e. The van der Waals surface area contributed by atoms with E-state index in [0.29, 0.717) is 12.3 Å². The van der Waals surface area contributed by atoms with Crippen LogP contribution in [-0.2, 0) is 6.42 Å². The third-order valence-electron chi connectivity index (χ3n) is 5.92. The van der Waals surface area contributed by atoms with Gasteiger partial charge in [-0.2, -0.15) is 0 Å². The second-order valence-electron chi connectivity index (χ2n) is 7.95. The molecule has 0 aromatic heterocycles. The van der Waals surface area contributed by atoms with Crippen molar-refractivity contribution in [1.29, 1.82) is 0 Å². The van der Waals surface area contributed by atoms with Crippen LogP contribution in [0.1, 0.15) is 101 Å². The molecule has 0 amide bonds. The Labute approximate surface area is 153 Å². The van der Waals surface area contributed by atoms with Crippen molar-refractivity contribution in [3.8, 4) is 0 Å². The van der Waals surface area contributed by atoms with Gasteiger partial charge in [-0.15, -0.1) is 0 Å². The lowest BCUT2D eigenvalue weighted by atomic mass is 9.77. The molecule has 1 aliphatic carbocycles. The minimum Gasteiger partial charge on any atom is -0.211 e. The number of aryl methyl sites for hydroxylation is 1. The van der Waals surface area contributed by atoms with Gasteiger partial charge in [-0.05, 0) is 55.1 Å². The number of hydrogen-bond acceptors (Lipinski definition) is 0. The summed E-state index contributed by atoms with van der Waals surface area (Å²) in [7, 11) is 0. The van der Waals surface area contributed by atoms with E-state index < -0.39 is 6.43 Å². The van der Waals surface area contributed by atoms with Gasteiger partial charge in [0.25, 0.3) is 0 Å². The Balaban J connectivity index is 1.64. The van der Waals surface area contributed by atoms with Gasteiger partial charge in [0.15, 0.2) is 0 Å². The highest BCUT2D eigenvalue weighted by Crippen LogP contribution is 2.37. The molecule has 0 N–H and O–H groups in total. The molecule has 25 heavy (non-hydrogen) atoms. The third-order valence-corrected chi connectivity index (χ3v) is 5.92. The summed E-state index contributed by atoms with van der Waals surface area (Å²) in [5, 5.41) is 0. The highest BCUT2D eigenvalue weighted by molar-refractivity contribution is 5.26. The van der Waals surface area contributed by atoms with Gasteiger partial charge in [0.2, 0.25) is 6.43 Å². The summed E-state index contributed by atoms with van der Waals surface area (Å²) in [6.45, 7) is 2.27. The molecule has 0 aliphatic heterocycles. The molecule has 1 saturated carbocycles. The van der Waals surface area contributed by atoms with E-state index in [1.807, 2.05) is 0 Å². The SMILES string of the molecule is CCCCCCCC[C@H]1CC[C@H](c2ccc(CCC(F)F)cc2)CC1. The van der Waals surface area contributed by atoms with E-state index in [1.165, 1.54) is 76.2 Å². The maximum atomic E-state index is 12.3. The summed E-state index contributed by atoms with van der Waals surface area (Å²) in [6.07, 6.45) is 13.4. The summed E-state index contributed by atoms with van der Waals surface area (Å²) in [6, 6.07) is 8.47. The summed E-state index contributed by atoms with van der Waals surface area (Å²) in [5.41, 5.74) is 2.46. The Hall–Kier alpha value is -0.920. The van der Waals surface area contributed by atoms with Gasteiger partial charge >= 0.3 is 0 Å². The molecule has 0 spiro atoms. The first-order valence-electron chi connectivity index (χ1n) is 10.6. The van der Waals surface area contributed by atoms with E-state index in [0.717, 1.165) is 11.5 Å². The summed E-state index contributed by atoms with van der Waals surface area (Å²) >= 11 is 0. The molecule has 0 unspecified atom stereocenters. The zero-order valence-electron chi connectivity index (χ0n) is 16.0. The van der Waals surface area contributed by atoms with Crippen molar-refractivity contribution in [2.45, 2.75) is 103 Å². The van der Waals surface area contributed by atoms with Crippen molar-refractivity contribution in [3.63, 3.8) is 0 Å². The number of hydrogen-bond donors (Lipinski definition) is 0. The van der Waals surface area contributed by atoms with Crippen LogP contribution in [0.25, 0.3) is 0 Å². The number of unbranched alkanes of at least 4 members (excludes halogenated alkanes) is 5. The Bertz CT molecular complexity index is 444. The van der Waals surface area contributed by atoms with Gasteiger partial charge in [0.1, 0.15) is 0 Å². The van der Waals surface area contributed by atoms with E-state index in [-0.39, 0.29) is 6.42 Å². The standard InChI is InChI=1S/C23H36F2/c1-2-3-4-5-6-7-8-19-9-14-21(15-10-19)22-16-11-20(12-17-22)13-18-23(24)25/h11-12,16-17,19,21,23H,2-10,13-15,18H2,1H3/t19-,21-. The van der Waals surface area contributed by atoms with Crippen molar-refractivity contribution < 1.29 is 8.78 Å². The maximum Gasteiger partial charge on any atom is 0.239 e. The van der Waals surface area contributed by atoms with Crippen LogP contribution in [0.3, 0.4) is 0 Å². The van der Waals surface area contributed by atoms with Gasteiger partial charge in [-0.25, -0.2) is 8.78 Å². The van der Waals surface area contributed by atoms with Crippen LogP contribution >= 0.6 is 0 Å². The molecule has 1 fully saturated rings. The molecule has 2 rings (SSSR count). The van der Waals surface area contributed by atoms with Crippen LogP contribution in [0.2, 0.25) is 0 Å². The molecule has 1 aromatic carbocycles. The van der Waals surface area contributed by atoms with Crippen molar-refractivity contribution in [2.75, 3.05) is 0 Å². The first-order chi connectivity index (χ1) is 12.2. The zero-order valence-corrected chi connectivity index (χ0v) is 16.0.